The number of nitrogens with one attached hydrogen (secondary N) is 1. The van der Waals surface area contributed by atoms with Crippen LogP contribution in [0, 0.1) is 0 Å². The Balaban J connectivity index is 1.78. The average Bonchev–Trinajstić information content (AvgIpc) is 2.89. The summed E-state index contributed by atoms with van der Waals surface area (Å²) in [5.41, 5.74) is 3.05. The number of nitrogens with zero attached hydrogens (tertiary/aromatic N) is 1. The van der Waals surface area contributed by atoms with Crippen molar-refractivity contribution in [1.82, 2.24) is 5.32 Å². The Hall–Kier alpha value is -3.05. The van der Waals surface area contributed by atoms with Crippen LogP contribution in [-0.2, 0) is 6.54 Å². The number of anilines is 1. The average molecular weight is 417 g/mol. The molecule has 0 fully saturated rings. The number of hydrogen-bond donors (Lipinski definition) is 1. The number of rotatable bonds is 5. The number of fused-ring (bicyclic) bond motifs is 2. The van der Waals surface area contributed by atoms with Crippen LogP contribution in [-0.4, -0.2) is 17.9 Å². The molecule has 1 heterocycles. The van der Waals surface area contributed by atoms with Crippen molar-refractivity contribution in [3.63, 3.8) is 0 Å². The van der Waals surface area contributed by atoms with Crippen molar-refractivity contribution in [2.24, 2.45) is 0 Å². The quantitative estimate of drug-likeness (QED) is 0.595. The van der Waals surface area contributed by atoms with Gasteiger partial charge in [0.1, 0.15) is 0 Å². The molecule has 0 saturated heterocycles. The predicted octanol–water partition coefficient (Wildman–Crippen LogP) is 5.53. The van der Waals surface area contributed by atoms with Crippen molar-refractivity contribution >= 4 is 29.3 Å². The maximum Gasteiger partial charge on any atom is 0.259 e. The molecule has 1 aliphatic heterocycles. The van der Waals surface area contributed by atoms with Crippen molar-refractivity contribution < 1.29 is 9.59 Å². The molecule has 1 N–H and O–H groups in total. The van der Waals surface area contributed by atoms with Gasteiger partial charge in [-0.15, -0.1) is 0 Å². The maximum atomic E-state index is 13.5. The molecule has 1 atom stereocenters. The third-order valence-electron chi connectivity index (χ3n) is 5.27. The van der Waals surface area contributed by atoms with Crippen LogP contribution in [0.4, 0.5) is 5.69 Å². The lowest BCUT2D eigenvalue weighted by Gasteiger charge is -2.24. The standard InChI is InChI=1S/C25H24N2O2S/c1-3-17(2)26-24(28)19-13-14-23-21(15-19)27(16-18-9-5-4-6-10-18)25(29)20-11-7-8-12-22(20)30-23/h4-15,17H,3,16H2,1-2H3,(H,26,28)/t17-/m1/s1. The first kappa shape index (κ1) is 20.2. The second-order valence-electron chi connectivity index (χ2n) is 7.44. The maximum absolute atomic E-state index is 13.5. The molecule has 1 aliphatic rings. The van der Waals surface area contributed by atoms with Gasteiger partial charge in [0.05, 0.1) is 17.8 Å². The highest BCUT2D eigenvalue weighted by atomic mass is 32.2. The van der Waals surface area contributed by atoms with Crippen LogP contribution >= 0.6 is 11.8 Å². The predicted molar refractivity (Wildman–Crippen MR) is 121 cm³/mol. The Morgan fingerprint density at radius 2 is 1.73 bits per heavy atom. The van der Waals surface area contributed by atoms with Crippen LogP contribution in [0.1, 0.15) is 46.5 Å². The van der Waals surface area contributed by atoms with Crippen molar-refractivity contribution in [3.05, 3.63) is 89.5 Å². The summed E-state index contributed by atoms with van der Waals surface area (Å²) in [6.45, 7) is 4.47. The van der Waals surface area contributed by atoms with Crippen molar-refractivity contribution in [3.8, 4) is 0 Å². The van der Waals surface area contributed by atoms with Gasteiger partial charge in [-0.1, -0.05) is 61.2 Å². The number of benzene rings is 3. The first-order chi connectivity index (χ1) is 14.6. The highest BCUT2D eigenvalue weighted by molar-refractivity contribution is 7.99. The van der Waals surface area contributed by atoms with Gasteiger partial charge in [-0.25, -0.2) is 0 Å². The molecule has 0 unspecified atom stereocenters. The fourth-order valence-electron chi connectivity index (χ4n) is 3.39. The molecular weight excluding hydrogens is 392 g/mol. The summed E-state index contributed by atoms with van der Waals surface area (Å²) >= 11 is 1.57. The van der Waals surface area contributed by atoms with E-state index >= 15 is 0 Å². The van der Waals surface area contributed by atoms with E-state index in [1.54, 1.807) is 16.7 Å². The lowest BCUT2D eigenvalue weighted by molar-refractivity contribution is 0.0936. The smallest absolute Gasteiger partial charge is 0.259 e. The topological polar surface area (TPSA) is 49.4 Å². The SMILES string of the molecule is CC[C@@H](C)NC(=O)c1ccc2c(c1)N(Cc1ccccc1)C(=O)c1ccccc1S2. The van der Waals surface area contributed by atoms with Gasteiger partial charge < -0.3 is 10.2 Å². The number of hydrogen-bond acceptors (Lipinski definition) is 3. The molecule has 0 saturated carbocycles. The zero-order valence-electron chi connectivity index (χ0n) is 17.1. The fraction of sp³-hybridized carbons (Fsp3) is 0.200. The molecule has 4 nitrogen and oxygen atoms in total. The normalized spacial score (nSPS) is 13.8. The van der Waals surface area contributed by atoms with Gasteiger partial charge >= 0.3 is 0 Å². The third kappa shape index (κ3) is 4.12. The van der Waals surface area contributed by atoms with Crippen LogP contribution in [0.25, 0.3) is 0 Å². The van der Waals surface area contributed by atoms with E-state index in [0.29, 0.717) is 17.7 Å². The van der Waals surface area contributed by atoms with Crippen LogP contribution in [0.5, 0.6) is 0 Å². The summed E-state index contributed by atoms with van der Waals surface area (Å²) in [6.07, 6.45) is 0.862. The molecule has 152 valence electrons. The van der Waals surface area contributed by atoms with E-state index in [1.807, 2.05) is 86.6 Å². The van der Waals surface area contributed by atoms with Crippen LogP contribution in [0.3, 0.4) is 0 Å². The fourth-order valence-corrected chi connectivity index (χ4v) is 4.45. The van der Waals surface area contributed by atoms with E-state index in [9.17, 15) is 9.59 Å². The molecule has 0 radical (unpaired) electrons. The second kappa shape index (κ2) is 8.76. The third-order valence-corrected chi connectivity index (χ3v) is 6.41. The summed E-state index contributed by atoms with van der Waals surface area (Å²) in [6, 6.07) is 23.3. The molecular formula is C25H24N2O2S. The highest BCUT2D eigenvalue weighted by Gasteiger charge is 2.28. The van der Waals surface area contributed by atoms with Crippen molar-refractivity contribution in [1.29, 1.82) is 0 Å². The molecule has 0 aliphatic carbocycles. The summed E-state index contributed by atoms with van der Waals surface area (Å²) in [7, 11) is 0. The monoisotopic (exact) mass is 416 g/mol. The van der Waals surface area contributed by atoms with Crippen molar-refractivity contribution in [2.45, 2.75) is 42.6 Å². The first-order valence-electron chi connectivity index (χ1n) is 10.1. The number of amides is 2. The molecule has 5 heteroatoms. The van der Waals surface area contributed by atoms with Gasteiger partial charge in [0, 0.05) is 21.4 Å². The van der Waals surface area contributed by atoms with Gasteiger partial charge in [-0.2, -0.15) is 0 Å². The van der Waals surface area contributed by atoms with E-state index in [2.05, 4.69) is 5.32 Å². The van der Waals surface area contributed by atoms with Gasteiger partial charge in [-0.05, 0) is 49.2 Å². The first-order valence-corrected chi connectivity index (χ1v) is 11.0. The second-order valence-corrected chi connectivity index (χ2v) is 8.52. The minimum Gasteiger partial charge on any atom is -0.350 e. The Morgan fingerprint density at radius 3 is 2.50 bits per heavy atom. The Kier molecular flexibility index (Phi) is 5.91. The van der Waals surface area contributed by atoms with E-state index < -0.39 is 0 Å². The number of carbonyl (C=O) groups is 2. The molecule has 2 amide bonds. The lowest BCUT2D eigenvalue weighted by atomic mass is 10.1. The number of carbonyl (C=O) groups excluding carboxylic acids is 2. The Labute approximate surface area is 181 Å². The van der Waals surface area contributed by atoms with Gasteiger partial charge in [0.25, 0.3) is 11.8 Å². The zero-order chi connectivity index (χ0) is 21.1. The molecule has 0 aromatic heterocycles. The molecule has 30 heavy (non-hydrogen) atoms. The highest BCUT2D eigenvalue weighted by Crippen LogP contribution is 2.42. The van der Waals surface area contributed by atoms with Crippen LogP contribution in [0.15, 0.2) is 82.6 Å². The summed E-state index contributed by atoms with van der Waals surface area (Å²) in [5, 5.41) is 3.01. The van der Waals surface area contributed by atoms with E-state index in [0.717, 1.165) is 27.5 Å². The Morgan fingerprint density at radius 1 is 1.00 bits per heavy atom. The molecule has 4 rings (SSSR count). The van der Waals surface area contributed by atoms with E-state index in [4.69, 9.17) is 0 Å². The molecule has 0 spiro atoms. The minimum absolute atomic E-state index is 0.0554. The van der Waals surface area contributed by atoms with Crippen LogP contribution < -0.4 is 10.2 Å². The summed E-state index contributed by atoms with van der Waals surface area (Å²) in [4.78, 5) is 29.9. The largest absolute Gasteiger partial charge is 0.350 e. The van der Waals surface area contributed by atoms with Crippen LogP contribution in [0.2, 0.25) is 0 Å². The van der Waals surface area contributed by atoms with E-state index in [1.165, 1.54) is 0 Å². The van der Waals surface area contributed by atoms with Gasteiger partial charge in [0.15, 0.2) is 0 Å². The summed E-state index contributed by atoms with van der Waals surface area (Å²) < 4.78 is 0. The van der Waals surface area contributed by atoms with E-state index in [-0.39, 0.29) is 17.9 Å². The zero-order valence-corrected chi connectivity index (χ0v) is 17.9. The Bertz CT molecular complexity index is 1080. The molecule has 0 bridgehead atoms. The lowest BCUT2D eigenvalue weighted by Crippen LogP contribution is -2.33. The molecule has 3 aromatic carbocycles. The van der Waals surface area contributed by atoms with Gasteiger partial charge in [0.2, 0.25) is 0 Å². The minimum atomic E-state index is -0.119. The summed E-state index contributed by atoms with van der Waals surface area (Å²) in [5.74, 6) is -0.175. The van der Waals surface area contributed by atoms with Gasteiger partial charge in [-0.3, -0.25) is 9.59 Å². The van der Waals surface area contributed by atoms with Crippen molar-refractivity contribution in [2.75, 3.05) is 4.90 Å². The molecule has 3 aromatic rings.